The third-order valence-corrected chi connectivity index (χ3v) is 4.70. The van der Waals surface area contributed by atoms with Crippen LogP contribution in [0.1, 0.15) is 19.8 Å². The predicted molar refractivity (Wildman–Crippen MR) is 70.0 cm³/mol. The molecule has 0 radical (unpaired) electrons. The van der Waals surface area contributed by atoms with Gasteiger partial charge in [-0.05, 0) is 30.4 Å². The number of nitro groups is 1. The van der Waals surface area contributed by atoms with Gasteiger partial charge >= 0.3 is 0 Å². The normalized spacial score (nSPS) is 17.1. The molecule has 1 aliphatic carbocycles. The maximum Gasteiger partial charge on any atom is 0.292 e. The summed E-state index contributed by atoms with van der Waals surface area (Å²) in [5.41, 5.74) is 5.06. The Hall–Kier alpha value is -1.67. The van der Waals surface area contributed by atoms with Gasteiger partial charge in [0, 0.05) is 12.6 Å². The summed E-state index contributed by atoms with van der Waals surface area (Å²) in [6, 6.07) is 3.39. The van der Waals surface area contributed by atoms with Crippen LogP contribution in [-0.2, 0) is 10.0 Å². The molecule has 3 N–H and O–H groups in total. The largest absolute Gasteiger partial charge is 0.393 e. The molecule has 1 saturated carbocycles. The summed E-state index contributed by atoms with van der Waals surface area (Å²) < 4.78 is 26.5. The quantitative estimate of drug-likeness (QED) is 0.480. The van der Waals surface area contributed by atoms with Crippen LogP contribution in [0.5, 0.6) is 0 Å². The van der Waals surface area contributed by atoms with E-state index in [1.807, 2.05) is 6.92 Å². The van der Waals surface area contributed by atoms with Gasteiger partial charge in [-0.3, -0.25) is 10.1 Å². The van der Waals surface area contributed by atoms with Crippen molar-refractivity contribution in [2.45, 2.75) is 24.7 Å². The third-order valence-electron chi connectivity index (χ3n) is 3.30. The SMILES string of the molecule is CC1(CNS(=O)(=O)c2ccc([N+](=O)[O-])c(N)c2)CC1. The Labute approximate surface area is 111 Å². The highest BCUT2D eigenvalue weighted by atomic mass is 32.2. The first kappa shape index (κ1) is 13.8. The van der Waals surface area contributed by atoms with E-state index in [2.05, 4.69) is 4.72 Å². The fourth-order valence-corrected chi connectivity index (χ4v) is 2.84. The first-order chi connectivity index (χ1) is 8.73. The molecule has 1 aliphatic rings. The van der Waals surface area contributed by atoms with Crippen molar-refractivity contribution in [2.24, 2.45) is 5.41 Å². The molecule has 0 unspecified atom stereocenters. The first-order valence-electron chi connectivity index (χ1n) is 5.77. The van der Waals surface area contributed by atoms with E-state index >= 15 is 0 Å². The Balaban J connectivity index is 2.20. The molecule has 1 aromatic carbocycles. The second-order valence-electron chi connectivity index (χ2n) is 5.11. The molecule has 0 aromatic heterocycles. The molecular formula is C11H15N3O4S. The summed E-state index contributed by atoms with van der Waals surface area (Å²) in [6.45, 7) is 2.37. The van der Waals surface area contributed by atoms with Crippen molar-refractivity contribution in [3.63, 3.8) is 0 Å². The molecule has 0 heterocycles. The van der Waals surface area contributed by atoms with Crippen molar-refractivity contribution in [1.29, 1.82) is 0 Å². The van der Waals surface area contributed by atoms with Crippen LogP contribution in [-0.4, -0.2) is 19.9 Å². The van der Waals surface area contributed by atoms with Gasteiger partial charge in [-0.15, -0.1) is 0 Å². The summed E-state index contributed by atoms with van der Waals surface area (Å²) >= 11 is 0. The molecule has 0 aliphatic heterocycles. The summed E-state index contributed by atoms with van der Waals surface area (Å²) in [6.07, 6.45) is 2.00. The second-order valence-corrected chi connectivity index (χ2v) is 6.88. The van der Waals surface area contributed by atoms with Gasteiger partial charge < -0.3 is 5.73 Å². The number of benzene rings is 1. The minimum Gasteiger partial charge on any atom is -0.393 e. The van der Waals surface area contributed by atoms with Crippen molar-refractivity contribution < 1.29 is 13.3 Å². The van der Waals surface area contributed by atoms with E-state index in [0.29, 0.717) is 6.54 Å². The van der Waals surface area contributed by atoms with Crippen LogP contribution in [0.15, 0.2) is 23.1 Å². The van der Waals surface area contributed by atoms with E-state index < -0.39 is 14.9 Å². The summed E-state index contributed by atoms with van der Waals surface area (Å²) in [5.74, 6) is 0. The average molecular weight is 285 g/mol. The third kappa shape index (κ3) is 3.02. The Morgan fingerprint density at radius 1 is 1.47 bits per heavy atom. The molecule has 1 aromatic rings. The number of sulfonamides is 1. The predicted octanol–water partition coefficient (Wildman–Crippen LogP) is 1.26. The minimum atomic E-state index is -3.67. The van der Waals surface area contributed by atoms with E-state index in [-0.39, 0.29) is 21.7 Å². The number of nitrogens with two attached hydrogens (primary N) is 1. The lowest BCUT2D eigenvalue weighted by Gasteiger charge is -2.11. The van der Waals surface area contributed by atoms with Crippen LogP contribution in [0, 0.1) is 15.5 Å². The zero-order valence-electron chi connectivity index (χ0n) is 10.4. The van der Waals surface area contributed by atoms with E-state index in [4.69, 9.17) is 5.73 Å². The van der Waals surface area contributed by atoms with Crippen LogP contribution >= 0.6 is 0 Å². The molecule has 0 saturated heterocycles. The van der Waals surface area contributed by atoms with Crippen molar-refractivity contribution in [1.82, 2.24) is 4.72 Å². The molecular weight excluding hydrogens is 270 g/mol. The number of anilines is 1. The Kier molecular flexibility index (Phi) is 3.23. The van der Waals surface area contributed by atoms with E-state index in [1.54, 1.807) is 0 Å². The van der Waals surface area contributed by atoms with Crippen LogP contribution in [0.4, 0.5) is 11.4 Å². The van der Waals surface area contributed by atoms with Crippen LogP contribution < -0.4 is 10.5 Å². The van der Waals surface area contributed by atoms with Crippen molar-refractivity contribution in [2.75, 3.05) is 12.3 Å². The summed E-state index contributed by atoms with van der Waals surface area (Å²) in [4.78, 5) is 9.90. The van der Waals surface area contributed by atoms with Crippen LogP contribution in [0.2, 0.25) is 0 Å². The van der Waals surface area contributed by atoms with Gasteiger partial charge in [-0.2, -0.15) is 0 Å². The Morgan fingerprint density at radius 3 is 2.58 bits per heavy atom. The zero-order chi connectivity index (χ0) is 14.3. The van der Waals surface area contributed by atoms with Crippen molar-refractivity contribution in [3.8, 4) is 0 Å². The van der Waals surface area contributed by atoms with Crippen LogP contribution in [0.25, 0.3) is 0 Å². The molecule has 0 spiro atoms. The molecule has 0 bridgehead atoms. The van der Waals surface area contributed by atoms with Crippen molar-refractivity contribution in [3.05, 3.63) is 28.3 Å². The number of nitro benzene ring substituents is 1. The topological polar surface area (TPSA) is 115 Å². The molecule has 104 valence electrons. The Morgan fingerprint density at radius 2 is 2.11 bits per heavy atom. The Bertz CT molecular complexity index is 623. The lowest BCUT2D eigenvalue weighted by molar-refractivity contribution is -0.383. The molecule has 0 atom stereocenters. The number of nitrogens with zero attached hydrogens (tertiary/aromatic N) is 1. The maximum atomic E-state index is 12.0. The lowest BCUT2D eigenvalue weighted by atomic mass is 10.2. The van der Waals surface area contributed by atoms with Gasteiger partial charge in [0.25, 0.3) is 5.69 Å². The van der Waals surface area contributed by atoms with Gasteiger partial charge in [0.1, 0.15) is 5.69 Å². The number of nitrogens with one attached hydrogen (secondary N) is 1. The first-order valence-corrected chi connectivity index (χ1v) is 7.25. The summed E-state index contributed by atoms with van der Waals surface area (Å²) in [7, 11) is -3.67. The number of nitrogen functional groups attached to an aromatic ring is 1. The van der Waals surface area contributed by atoms with Gasteiger partial charge in [0.15, 0.2) is 0 Å². The molecule has 2 rings (SSSR count). The number of rotatable bonds is 5. The highest BCUT2D eigenvalue weighted by Gasteiger charge is 2.38. The van der Waals surface area contributed by atoms with Gasteiger partial charge in [0.05, 0.1) is 9.82 Å². The number of hydrogen-bond acceptors (Lipinski definition) is 5. The molecule has 8 heteroatoms. The van der Waals surface area contributed by atoms with Gasteiger partial charge in [-0.25, -0.2) is 13.1 Å². The van der Waals surface area contributed by atoms with E-state index in [9.17, 15) is 18.5 Å². The zero-order valence-corrected chi connectivity index (χ0v) is 11.2. The number of hydrogen-bond donors (Lipinski definition) is 2. The minimum absolute atomic E-state index is 0.0411. The lowest BCUT2D eigenvalue weighted by Crippen LogP contribution is -2.29. The highest BCUT2D eigenvalue weighted by Crippen LogP contribution is 2.44. The van der Waals surface area contributed by atoms with E-state index in [1.165, 1.54) is 6.07 Å². The monoisotopic (exact) mass is 285 g/mol. The molecule has 19 heavy (non-hydrogen) atoms. The average Bonchev–Trinajstić information content (AvgIpc) is 3.05. The van der Waals surface area contributed by atoms with Gasteiger partial charge in [0.2, 0.25) is 10.0 Å². The maximum absolute atomic E-state index is 12.0. The fourth-order valence-electron chi connectivity index (χ4n) is 1.61. The van der Waals surface area contributed by atoms with Crippen molar-refractivity contribution >= 4 is 21.4 Å². The highest BCUT2D eigenvalue weighted by molar-refractivity contribution is 7.89. The molecule has 7 nitrogen and oxygen atoms in total. The van der Waals surface area contributed by atoms with Gasteiger partial charge in [-0.1, -0.05) is 6.92 Å². The van der Waals surface area contributed by atoms with E-state index in [0.717, 1.165) is 25.0 Å². The standard InChI is InChI=1S/C11H15N3O4S/c1-11(4-5-11)7-13-19(17,18)8-2-3-10(14(15)16)9(12)6-8/h2-3,6,13H,4-5,7,12H2,1H3. The fraction of sp³-hybridized carbons (Fsp3) is 0.455. The second kappa shape index (κ2) is 4.46. The molecule has 1 fully saturated rings. The smallest absolute Gasteiger partial charge is 0.292 e. The van der Waals surface area contributed by atoms with Crippen LogP contribution in [0.3, 0.4) is 0 Å². The molecule has 0 amide bonds. The summed E-state index contributed by atoms with van der Waals surface area (Å²) in [5, 5.41) is 10.6.